The summed E-state index contributed by atoms with van der Waals surface area (Å²) < 4.78 is 7.15. The van der Waals surface area contributed by atoms with Crippen LogP contribution in [0.4, 0.5) is 0 Å². The van der Waals surface area contributed by atoms with Crippen LogP contribution in [0.2, 0.25) is 0 Å². The number of aryl methyl sites for hydroxylation is 2. The highest BCUT2D eigenvalue weighted by molar-refractivity contribution is 5.97. The molecule has 4 heteroatoms. The normalized spacial score (nSPS) is 10.5. The first kappa shape index (κ1) is 13.3. The van der Waals surface area contributed by atoms with Gasteiger partial charge in [-0.05, 0) is 32.0 Å². The molecular weight excluding hydrogens is 240 g/mol. The quantitative estimate of drug-likeness (QED) is 0.774. The van der Waals surface area contributed by atoms with Gasteiger partial charge in [0.25, 0.3) is 0 Å². The minimum Gasteiger partial charge on any atom is -0.494 e. The van der Waals surface area contributed by atoms with Crippen LogP contribution in [0.5, 0.6) is 5.75 Å². The van der Waals surface area contributed by atoms with Crippen LogP contribution in [-0.2, 0) is 13.5 Å². The number of carbonyl (C=O) groups excluding carboxylic acids is 1. The molecule has 1 aromatic heterocycles. The maximum absolute atomic E-state index is 12.2. The number of rotatable bonds is 5. The van der Waals surface area contributed by atoms with Gasteiger partial charge in [-0.2, -0.15) is 5.10 Å². The monoisotopic (exact) mass is 258 g/mol. The van der Waals surface area contributed by atoms with E-state index in [4.69, 9.17) is 4.74 Å². The number of ether oxygens (including phenoxy) is 1. The van der Waals surface area contributed by atoms with Gasteiger partial charge < -0.3 is 4.74 Å². The Bertz CT molecular complexity index is 588. The van der Waals surface area contributed by atoms with Crippen molar-refractivity contribution >= 4 is 5.78 Å². The van der Waals surface area contributed by atoms with Crippen LogP contribution in [0.3, 0.4) is 0 Å². The van der Waals surface area contributed by atoms with E-state index in [1.807, 2.05) is 45.2 Å². The molecule has 2 aromatic rings. The molecule has 0 radical (unpaired) electrons. The van der Waals surface area contributed by atoms with Crippen LogP contribution in [0, 0.1) is 6.92 Å². The first-order valence-electron chi connectivity index (χ1n) is 6.35. The fourth-order valence-electron chi connectivity index (χ4n) is 2.02. The van der Waals surface area contributed by atoms with Crippen molar-refractivity contribution in [3.63, 3.8) is 0 Å². The Morgan fingerprint density at radius 1 is 1.37 bits per heavy atom. The van der Waals surface area contributed by atoms with Crippen molar-refractivity contribution in [1.82, 2.24) is 9.78 Å². The molecular formula is C15H18N2O2. The van der Waals surface area contributed by atoms with Gasteiger partial charge in [0.1, 0.15) is 5.75 Å². The Balaban J connectivity index is 2.15. The van der Waals surface area contributed by atoms with Crippen LogP contribution < -0.4 is 4.74 Å². The molecule has 0 aliphatic rings. The van der Waals surface area contributed by atoms with Crippen molar-refractivity contribution in [2.45, 2.75) is 20.3 Å². The van der Waals surface area contributed by atoms with Gasteiger partial charge in [-0.1, -0.05) is 12.1 Å². The molecule has 0 spiro atoms. The van der Waals surface area contributed by atoms with Gasteiger partial charge in [-0.3, -0.25) is 9.48 Å². The summed E-state index contributed by atoms with van der Waals surface area (Å²) in [6.45, 7) is 4.44. The third-order valence-corrected chi connectivity index (χ3v) is 2.91. The number of nitrogens with zero attached hydrogens (tertiary/aromatic N) is 2. The second kappa shape index (κ2) is 5.69. The highest BCUT2D eigenvalue weighted by atomic mass is 16.5. The molecule has 19 heavy (non-hydrogen) atoms. The smallest absolute Gasteiger partial charge is 0.168 e. The number of hydrogen-bond acceptors (Lipinski definition) is 3. The summed E-state index contributed by atoms with van der Waals surface area (Å²) in [6, 6.07) is 9.23. The lowest BCUT2D eigenvalue weighted by atomic mass is 10.1. The van der Waals surface area contributed by atoms with E-state index in [1.54, 1.807) is 10.7 Å². The molecule has 0 amide bonds. The van der Waals surface area contributed by atoms with Crippen molar-refractivity contribution in [3.8, 4) is 5.75 Å². The standard InChI is InChI=1S/C15H18N2O2/c1-4-19-14-7-5-6-12(9-14)15(18)10-13-8-11(2)16-17(13)3/h5-9H,4,10H2,1-3H3. The highest BCUT2D eigenvalue weighted by Crippen LogP contribution is 2.15. The van der Waals surface area contributed by atoms with E-state index < -0.39 is 0 Å². The van der Waals surface area contributed by atoms with Gasteiger partial charge in [0.15, 0.2) is 5.78 Å². The Morgan fingerprint density at radius 3 is 2.79 bits per heavy atom. The number of benzene rings is 1. The average molecular weight is 258 g/mol. The van der Waals surface area contributed by atoms with Crippen molar-refractivity contribution in [2.24, 2.45) is 7.05 Å². The van der Waals surface area contributed by atoms with Crippen molar-refractivity contribution < 1.29 is 9.53 Å². The van der Waals surface area contributed by atoms with Gasteiger partial charge in [0.2, 0.25) is 0 Å². The van der Waals surface area contributed by atoms with E-state index in [9.17, 15) is 4.79 Å². The average Bonchev–Trinajstić information content (AvgIpc) is 2.68. The van der Waals surface area contributed by atoms with Crippen LogP contribution in [0.15, 0.2) is 30.3 Å². The zero-order valence-corrected chi connectivity index (χ0v) is 11.5. The highest BCUT2D eigenvalue weighted by Gasteiger charge is 2.11. The lowest BCUT2D eigenvalue weighted by Gasteiger charge is -2.05. The van der Waals surface area contributed by atoms with E-state index in [0.717, 1.165) is 17.1 Å². The Kier molecular flexibility index (Phi) is 4.00. The minimum atomic E-state index is 0.0737. The zero-order valence-electron chi connectivity index (χ0n) is 11.5. The number of hydrogen-bond donors (Lipinski definition) is 0. The maximum Gasteiger partial charge on any atom is 0.168 e. The first-order valence-corrected chi connectivity index (χ1v) is 6.35. The van der Waals surface area contributed by atoms with E-state index in [-0.39, 0.29) is 5.78 Å². The van der Waals surface area contributed by atoms with E-state index in [1.165, 1.54) is 0 Å². The van der Waals surface area contributed by atoms with Gasteiger partial charge in [0.05, 0.1) is 18.7 Å². The first-order chi connectivity index (χ1) is 9.10. The summed E-state index contributed by atoms with van der Waals surface area (Å²) in [6.07, 6.45) is 0.354. The number of ketones is 1. The fourth-order valence-corrected chi connectivity index (χ4v) is 2.02. The number of carbonyl (C=O) groups is 1. The molecule has 0 unspecified atom stereocenters. The fraction of sp³-hybridized carbons (Fsp3) is 0.333. The molecule has 0 saturated carbocycles. The molecule has 1 aromatic carbocycles. The predicted molar refractivity (Wildman–Crippen MR) is 73.6 cm³/mol. The predicted octanol–water partition coefficient (Wildman–Crippen LogP) is 2.55. The summed E-state index contributed by atoms with van der Waals surface area (Å²) in [5.41, 5.74) is 2.52. The van der Waals surface area contributed by atoms with Crippen LogP contribution >= 0.6 is 0 Å². The Morgan fingerprint density at radius 2 is 2.16 bits per heavy atom. The largest absolute Gasteiger partial charge is 0.494 e. The lowest BCUT2D eigenvalue weighted by Crippen LogP contribution is -2.08. The number of aromatic nitrogens is 2. The lowest BCUT2D eigenvalue weighted by molar-refractivity contribution is 0.0990. The molecule has 4 nitrogen and oxygen atoms in total. The molecule has 0 atom stereocenters. The molecule has 0 fully saturated rings. The summed E-state index contributed by atoms with van der Waals surface area (Å²) in [5.74, 6) is 0.805. The van der Waals surface area contributed by atoms with E-state index in [2.05, 4.69) is 5.10 Å². The molecule has 2 rings (SSSR count). The second-order valence-electron chi connectivity index (χ2n) is 4.46. The van der Waals surface area contributed by atoms with E-state index in [0.29, 0.717) is 18.6 Å². The molecule has 0 aliphatic heterocycles. The summed E-state index contributed by atoms with van der Waals surface area (Å²) in [4.78, 5) is 12.2. The Labute approximate surface area is 113 Å². The van der Waals surface area contributed by atoms with Crippen LogP contribution in [0.25, 0.3) is 0 Å². The van der Waals surface area contributed by atoms with Crippen molar-refractivity contribution in [3.05, 3.63) is 47.3 Å². The summed E-state index contributed by atoms with van der Waals surface area (Å²) >= 11 is 0. The van der Waals surface area contributed by atoms with Gasteiger partial charge in [-0.25, -0.2) is 0 Å². The topological polar surface area (TPSA) is 44.1 Å². The van der Waals surface area contributed by atoms with E-state index >= 15 is 0 Å². The number of Topliss-reactive ketones (excluding diaryl/α,β-unsaturated/α-hetero) is 1. The minimum absolute atomic E-state index is 0.0737. The zero-order chi connectivity index (χ0) is 13.8. The van der Waals surface area contributed by atoms with Gasteiger partial charge in [0, 0.05) is 18.3 Å². The third-order valence-electron chi connectivity index (χ3n) is 2.91. The maximum atomic E-state index is 12.2. The molecule has 0 aliphatic carbocycles. The van der Waals surface area contributed by atoms with Crippen LogP contribution in [-0.4, -0.2) is 22.2 Å². The Hall–Kier alpha value is -2.10. The second-order valence-corrected chi connectivity index (χ2v) is 4.46. The molecule has 0 N–H and O–H groups in total. The molecule has 0 bridgehead atoms. The summed E-state index contributed by atoms with van der Waals surface area (Å²) in [5, 5.41) is 4.24. The van der Waals surface area contributed by atoms with Gasteiger partial charge >= 0.3 is 0 Å². The van der Waals surface area contributed by atoms with Crippen molar-refractivity contribution in [2.75, 3.05) is 6.61 Å². The molecule has 1 heterocycles. The van der Waals surface area contributed by atoms with Crippen molar-refractivity contribution in [1.29, 1.82) is 0 Å². The summed E-state index contributed by atoms with van der Waals surface area (Å²) in [7, 11) is 1.85. The van der Waals surface area contributed by atoms with Gasteiger partial charge in [-0.15, -0.1) is 0 Å². The molecule has 0 saturated heterocycles. The molecule has 100 valence electrons. The van der Waals surface area contributed by atoms with Crippen LogP contribution in [0.1, 0.15) is 28.7 Å². The third kappa shape index (κ3) is 3.22. The SMILES string of the molecule is CCOc1cccc(C(=O)Cc2cc(C)nn2C)c1.